The van der Waals surface area contributed by atoms with Crippen molar-refractivity contribution in [3.05, 3.63) is 71.0 Å². The molecule has 1 N–H and O–H groups in total. The van der Waals surface area contributed by atoms with Gasteiger partial charge in [0.25, 0.3) is 0 Å². The molecule has 0 bridgehead atoms. The molecule has 1 spiro atoms. The Labute approximate surface area is 163 Å². The fourth-order valence-corrected chi connectivity index (χ4v) is 4.82. The number of hydrogen-bond acceptors (Lipinski definition) is 3. The van der Waals surface area contributed by atoms with Crippen molar-refractivity contribution in [3.8, 4) is 0 Å². The number of carbonyl (C=O) groups excluding carboxylic acids is 2. The van der Waals surface area contributed by atoms with E-state index in [4.69, 9.17) is 4.74 Å². The second-order valence-corrected chi connectivity index (χ2v) is 8.22. The predicted octanol–water partition coefficient (Wildman–Crippen LogP) is 4.05. The molecular formula is C23H22FNO3. The van der Waals surface area contributed by atoms with Gasteiger partial charge < -0.3 is 10.1 Å². The number of ether oxygens (including phenoxy) is 1. The van der Waals surface area contributed by atoms with E-state index in [-0.39, 0.29) is 35.6 Å². The van der Waals surface area contributed by atoms with E-state index < -0.39 is 5.60 Å². The van der Waals surface area contributed by atoms with E-state index in [9.17, 15) is 14.0 Å². The molecule has 0 saturated heterocycles. The second-order valence-electron chi connectivity index (χ2n) is 8.22. The molecule has 0 radical (unpaired) electrons. The zero-order valence-corrected chi connectivity index (χ0v) is 15.5. The first-order chi connectivity index (χ1) is 13.6. The Balaban J connectivity index is 1.20. The van der Waals surface area contributed by atoms with E-state index in [1.807, 2.05) is 30.3 Å². The standard InChI is InChI=1S/C23H22FNO3/c24-16-5-3-4-15(12-16)18-13-20(18)25-21(26)14-8-10-23(11-9-14)19-7-2-1-6-17(19)22(27)28-23/h1-7,12,14,18,20H,8-11,13H2,(H,25,26)/t14-,18-,20+,23-/m0/s1. The summed E-state index contributed by atoms with van der Waals surface area (Å²) < 4.78 is 19.2. The van der Waals surface area contributed by atoms with Crippen molar-refractivity contribution >= 4 is 11.9 Å². The van der Waals surface area contributed by atoms with E-state index >= 15 is 0 Å². The molecule has 1 amide bonds. The molecule has 0 aromatic heterocycles. The number of hydrogen-bond donors (Lipinski definition) is 1. The lowest BCUT2D eigenvalue weighted by molar-refractivity contribution is -0.128. The Hall–Kier alpha value is -2.69. The van der Waals surface area contributed by atoms with Crippen molar-refractivity contribution in [1.82, 2.24) is 5.32 Å². The number of halogens is 1. The molecule has 28 heavy (non-hydrogen) atoms. The average Bonchev–Trinajstić information content (AvgIpc) is 3.42. The molecule has 1 heterocycles. The predicted molar refractivity (Wildman–Crippen MR) is 101 cm³/mol. The normalized spacial score (nSPS) is 30.6. The molecule has 2 saturated carbocycles. The second kappa shape index (κ2) is 6.43. The summed E-state index contributed by atoms with van der Waals surface area (Å²) in [5, 5.41) is 3.13. The first-order valence-electron chi connectivity index (χ1n) is 9.94. The van der Waals surface area contributed by atoms with Crippen molar-refractivity contribution in [2.45, 2.75) is 49.7 Å². The molecule has 144 valence electrons. The van der Waals surface area contributed by atoms with Gasteiger partial charge in [0, 0.05) is 23.4 Å². The van der Waals surface area contributed by atoms with Gasteiger partial charge in [0.15, 0.2) is 0 Å². The maximum atomic E-state index is 13.4. The molecule has 2 atom stereocenters. The van der Waals surface area contributed by atoms with Crippen molar-refractivity contribution in [2.75, 3.05) is 0 Å². The van der Waals surface area contributed by atoms with Gasteiger partial charge in [0.2, 0.25) is 5.91 Å². The summed E-state index contributed by atoms with van der Waals surface area (Å²) in [5.41, 5.74) is 2.00. The van der Waals surface area contributed by atoms with Crippen LogP contribution in [0, 0.1) is 11.7 Å². The van der Waals surface area contributed by atoms with Crippen LogP contribution in [-0.2, 0) is 15.1 Å². The number of esters is 1. The molecule has 2 aromatic rings. The minimum Gasteiger partial charge on any atom is -0.451 e. The number of benzene rings is 2. The van der Waals surface area contributed by atoms with Gasteiger partial charge in [-0.15, -0.1) is 0 Å². The number of carbonyl (C=O) groups is 2. The molecule has 2 fully saturated rings. The molecule has 2 aliphatic carbocycles. The van der Waals surface area contributed by atoms with E-state index in [1.165, 1.54) is 6.07 Å². The lowest BCUT2D eigenvalue weighted by Gasteiger charge is -2.36. The third-order valence-electron chi connectivity index (χ3n) is 6.48. The molecule has 2 aromatic carbocycles. The summed E-state index contributed by atoms with van der Waals surface area (Å²) >= 11 is 0. The highest BCUT2D eigenvalue weighted by Crippen LogP contribution is 2.48. The monoisotopic (exact) mass is 379 g/mol. The van der Waals surface area contributed by atoms with Crippen molar-refractivity contribution < 1.29 is 18.7 Å². The fraction of sp³-hybridized carbons (Fsp3) is 0.391. The van der Waals surface area contributed by atoms with Crippen LogP contribution in [0.4, 0.5) is 4.39 Å². The zero-order valence-electron chi connectivity index (χ0n) is 15.5. The summed E-state index contributed by atoms with van der Waals surface area (Å²) in [5.74, 6) is -0.285. The van der Waals surface area contributed by atoms with Crippen molar-refractivity contribution in [2.24, 2.45) is 5.92 Å². The summed E-state index contributed by atoms with van der Waals surface area (Å²) in [7, 11) is 0. The number of fused-ring (bicyclic) bond motifs is 2. The third kappa shape index (κ3) is 2.89. The number of rotatable bonds is 3. The Morgan fingerprint density at radius 1 is 1.11 bits per heavy atom. The van der Waals surface area contributed by atoms with E-state index in [0.717, 1.165) is 17.5 Å². The maximum Gasteiger partial charge on any atom is 0.339 e. The first-order valence-corrected chi connectivity index (χ1v) is 9.94. The smallest absolute Gasteiger partial charge is 0.339 e. The Kier molecular flexibility index (Phi) is 4.00. The molecular weight excluding hydrogens is 357 g/mol. The number of nitrogens with one attached hydrogen (secondary N) is 1. The van der Waals surface area contributed by atoms with Crippen LogP contribution in [0.5, 0.6) is 0 Å². The summed E-state index contributed by atoms with van der Waals surface area (Å²) in [6, 6.07) is 14.3. The SMILES string of the molecule is O=C1O[C@]2(CC[C@H](C(=O)N[C@@H]3C[C@H]3c3cccc(F)c3)CC2)c2ccccc21. The number of amides is 1. The quantitative estimate of drug-likeness (QED) is 0.819. The van der Waals surface area contributed by atoms with Crippen LogP contribution in [-0.4, -0.2) is 17.9 Å². The van der Waals surface area contributed by atoms with Crippen LogP contribution in [0.15, 0.2) is 48.5 Å². The van der Waals surface area contributed by atoms with E-state index in [0.29, 0.717) is 31.2 Å². The molecule has 4 nitrogen and oxygen atoms in total. The maximum absolute atomic E-state index is 13.4. The van der Waals surface area contributed by atoms with Gasteiger partial charge >= 0.3 is 5.97 Å². The van der Waals surface area contributed by atoms with Crippen LogP contribution in [0.1, 0.15) is 59.5 Å². The van der Waals surface area contributed by atoms with E-state index in [1.54, 1.807) is 12.1 Å². The highest BCUT2D eigenvalue weighted by atomic mass is 19.1. The van der Waals surface area contributed by atoms with Gasteiger partial charge in [-0.3, -0.25) is 4.79 Å². The Morgan fingerprint density at radius 2 is 1.89 bits per heavy atom. The minimum absolute atomic E-state index is 0.0640. The van der Waals surface area contributed by atoms with Crippen LogP contribution in [0.3, 0.4) is 0 Å². The average molecular weight is 379 g/mol. The topological polar surface area (TPSA) is 55.4 Å². The van der Waals surface area contributed by atoms with Crippen LogP contribution >= 0.6 is 0 Å². The largest absolute Gasteiger partial charge is 0.451 e. The van der Waals surface area contributed by atoms with Gasteiger partial charge in [0.1, 0.15) is 11.4 Å². The first kappa shape index (κ1) is 17.4. The van der Waals surface area contributed by atoms with E-state index in [2.05, 4.69) is 5.32 Å². The lowest BCUT2D eigenvalue weighted by atomic mass is 9.74. The molecule has 5 rings (SSSR count). The fourth-order valence-electron chi connectivity index (χ4n) is 4.82. The highest BCUT2D eigenvalue weighted by Gasteiger charge is 2.49. The van der Waals surface area contributed by atoms with Crippen LogP contribution in [0.2, 0.25) is 0 Å². The molecule has 1 aliphatic heterocycles. The van der Waals surface area contributed by atoms with Crippen molar-refractivity contribution in [1.29, 1.82) is 0 Å². The summed E-state index contributed by atoms with van der Waals surface area (Å²) in [4.78, 5) is 24.9. The van der Waals surface area contributed by atoms with Crippen LogP contribution < -0.4 is 5.32 Å². The molecule has 3 aliphatic rings. The molecule has 5 heteroatoms. The van der Waals surface area contributed by atoms with Gasteiger partial charge in [-0.2, -0.15) is 0 Å². The van der Waals surface area contributed by atoms with Gasteiger partial charge in [-0.1, -0.05) is 30.3 Å². The zero-order chi connectivity index (χ0) is 19.3. The molecule has 0 unspecified atom stereocenters. The Morgan fingerprint density at radius 3 is 2.68 bits per heavy atom. The van der Waals surface area contributed by atoms with Crippen LogP contribution in [0.25, 0.3) is 0 Å². The minimum atomic E-state index is -0.561. The summed E-state index contributed by atoms with van der Waals surface area (Å²) in [6.45, 7) is 0. The third-order valence-corrected chi connectivity index (χ3v) is 6.48. The van der Waals surface area contributed by atoms with Gasteiger partial charge in [-0.05, 0) is 55.9 Å². The van der Waals surface area contributed by atoms with Gasteiger partial charge in [0.05, 0.1) is 5.56 Å². The van der Waals surface area contributed by atoms with Crippen molar-refractivity contribution in [3.63, 3.8) is 0 Å². The summed E-state index contributed by atoms with van der Waals surface area (Å²) in [6.07, 6.45) is 3.60. The highest BCUT2D eigenvalue weighted by molar-refractivity contribution is 5.94. The van der Waals surface area contributed by atoms with Gasteiger partial charge in [-0.25, -0.2) is 9.18 Å². The Bertz CT molecular complexity index is 948. The lowest BCUT2D eigenvalue weighted by Crippen LogP contribution is -2.39.